The Kier molecular flexibility index (Phi) is 10.0. The molecule has 2 N–H and O–H groups in total. The number of anilines is 1. The third-order valence-electron chi connectivity index (χ3n) is 5.82. The quantitative estimate of drug-likeness (QED) is 0.518. The number of amides is 1. The largest absolute Gasteiger partial charge is 0.490 e. The van der Waals surface area contributed by atoms with E-state index < -0.39 is 24.3 Å². The molecule has 3 saturated heterocycles. The number of hydrogen-bond acceptors (Lipinski definition) is 8. The summed E-state index contributed by atoms with van der Waals surface area (Å²) in [4.78, 5) is 45.4. The fraction of sp³-hybridized carbons (Fsp3) is 0.650. The molecule has 208 valence electrons. The Morgan fingerprint density at radius 2 is 1.51 bits per heavy atom. The second kappa shape index (κ2) is 12.4. The van der Waals surface area contributed by atoms with Gasteiger partial charge in [-0.25, -0.2) is 19.6 Å². The molecule has 0 saturated carbocycles. The molecule has 11 nitrogen and oxygen atoms in total. The Morgan fingerprint density at radius 1 is 0.973 bits per heavy atom. The van der Waals surface area contributed by atoms with Gasteiger partial charge in [-0.05, 0) is 13.1 Å². The van der Waals surface area contributed by atoms with Crippen LogP contribution >= 0.6 is 0 Å². The van der Waals surface area contributed by atoms with Gasteiger partial charge in [-0.15, -0.1) is 0 Å². The molecule has 37 heavy (non-hydrogen) atoms. The van der Waals surface area contributed by atoms with Gasteiger partial charge in [0.15, 0.2) is 0 Å². The molecule has 0 radical (unpaired) electrons. The van der Waals surface area contributed by atoms with Crippen LogP contribution < -0.4 is 4.90 Å². The normalized spacial score (nSPS) is 23.8. The summed E-state index contributed by atoms with van der Waals surface area (Å²) in [6.07, 6.45) is -6.70. The molecule has 17 heteroatoms. The number of fused-ring (bicyclic) bond motifs is 1. The first-order valence-electron chi connectivity index (χ1n) is 10.8. The number of carbonyl (C=O) groups excluding carboxylic acids is 1. The lowest BCUT2D eigenvalue weighted by atomic mass is 9.91. The monoisotopic (exact) mass is 545 g/mol. The maximum absolute atomic E-state index is 12.9. The summed E-state index contributed by atoms with van der Waals surface area (Å²) in [5.74, 6) is -4.05. The van der Waals surface area contributed by atoms with E-state index in [1.807, 2.05) is 11.0 Å². The number of rotatable bonds is 2. The number of likely N-dealkylation sites (N-methyl/N-ethyl adjacent to an activating group) is 1. The molecule has 0 aliphatic carbocycles. The van der Waals surface area contributed by atoms with Crippen molar-refractivity contribution in [2.75, 3.05) is 57.8 Å². The number of carboxylic acids is 2. The fourth-order valence-electron chi connectivity index (χ4n) is 3.89. The van der Waals surface area contributed by atoms with Crippen LogP contribution in [0.5, 0.6) is 0 Å². The average Bonchev–Trinajstić information content (AvgIpc) is 3.40. The molecular formula is C20H25F6N5O6. The van der Waals surface area contributed by atoms with Crippen LogP contribution in [-0.2, 0) is 19.1 Å². The van der Waals surface area contributed by atoms with Crippen LogP contribution in [0.2, 0.25) is 0 Å². The van der Waals surface area contributed by atoms with Crippen LogP contribution in [0.3, 0.4) is 0 Å². The van der Waals surface area contributed by atoms with Gasteiger partial charge < -0.3 is 29.6 Å². The van der Waals surface area contributed by atoms with E-state index in [0.717, 1.165) is 45.1 Å². The predicted molar refractivity (Wildman–Crippen MR) is 112 cm³/mol. The molecule has 3 aliphatic heterocycles. The van der Waals surface area contributed by atoms with E-state index in [-0.39, 0.29) is 23.8 Å². The van der Waals surface area contributed by atoms with E-state index in [9.17, 15) is 31.1 Å². The van der Waals surface area contributed by atoms with Crippen LogP contribution in [0, 0.1) is 11.8 Å². The van der Waals surface area contributed by atoms with Gasteiger partial charge in [0.25, 0.3) is 0 Å². The van der Waals surface area contributed by atoms with E-state index in [1.165, 1.54) is 0 Å². The third kappa shape index (κ3) is 8.70. The fourth-order valence-corrected chi connectivity index (χ4v) is 3.89. The lowest BCUT2D eigenvalue weighted by molar-refractivity contribution is -0.193. The first kappa shape index (κ1) is 30.0. The number of alkyl halides is 6. The van der Waals surface area contributed by atoms with Crippen molar-refractivity contribution in [2.24, 2.45) is 11.8 Å². The van der Waals surface area contributed by atoms with Gasteiger partial charge in [0.05, 0.1) is 18.6 Å². The molecule has 1 aromatic rings. The molecule has 3 atom stereocenters. The van der Waals surface area contributed by atoms with E-state index in [1.54, 1.807) is 12.5 Å². The summed E-state index contributed by atoms with van der Waals surface area (Å²) in [6, 6.07) is 1.92. The zero-order chi connectivity index (χ0) is 28.0. The van der Waals surface area contributed by atoms with Crippen molar-refractivity contribution in [1.29, 1.82) is 0 Å². The number of carbonyl (C=O) groups is 3. The Bertz CT molecular complexity index is 903. The predicted octanol–water partition coefficient (Wildman–Crippen LogP) is 0.968. The summed E-state index contributed by atoms with van der Waals surface area (Å²) in [6.45, 7) is 5.80. The van der Waals surface area contributed by atoms with Crippen molar-refractivity contribution < 1.29 is 55.7 Å². The minimum atomic E-state index is -5.08. The average molecular weight is 545 g/mol. The number of nitrogens with zero attached hydrogens (tertiary/aromatic N) is 5. The minimum absolute atomic E-state index is 0.00440. The summed E-state index contributed by atoms with van der Waals surface area (Å²) in [5.41, 5.74) is 0. The van der Waals surface area contributed by atoms with Crippen LogP contribution in [0.1, 0.15) is 0 Å². The SMILES string of the molecule is CN1CCN(C(=O)[C@H]2CO[C@@H]3CN(c4ccncn4)C[C@H]23)CC1.O=C(O)C(F)(F)F.O=C(O)C(F)(F)F. The van der Waals surface area contributed by atoms with E-state index in [0.29, 0.717) is 6.61 Å². The standard InChI is InChI=1S/C16H23N5O2.2C2HF3O2/c1-19-4-6-20(7-5-19)16(22)13-10-23-14-9-21(8-12(13)14)15-2-3-17-11-18-15;2*3-2(4,5)1(6)7/h2-3,11-14H,4-10H2,1H3;2*(H,6,7)/t12-,13+,14-;;/m1../s1. The van der Waals surface area contributed by atoms with E-state index in [4.69, 9.17) is 24.5 Å². The van der Waals surface area contributed by atoms with Crippen LogP contribution in [0.25, 0.3) is 0 Å². The van der Waals surface area contributed by atoms with Gasteiger partial charge in [0.2, 0.25) is 5.91 Å². The van der Waals surface area contributed by atoms with Crippen molar-refractivity contribution in [3.63, 3.8) is 0 Å². The first-order chi connectivity index (χ1) is 17.1. The van der Waals surface area contributed by atoms with Gasteiger partial charge in [0.1, 0.15) is 12.1 Å². The summed E-state index contributed by atoms with van der Waals surface area (Å²) in [5, 5.41) is 14.2. The summed E-state index contributed by atoms with van der Waals surface area (Å²) >= 11 is 0. The molecular weight excluding hydrogens is 520 g/mol. The molecule has 0 bridgehead atoms. The number of aliphatic carboxylic acids is 2. The Balaban J connectivity index is 0.000000286. The van der Waals surface area contributed by atoms with Crippen LogP contribution in [-0.4, -0.2) is 119 Å². The highest BCUT2D eigenvalue weighted by atomic mass is 19.4. The van der Waals surface area contributed by atoms with Gasteiger partial charge in [0, 0.05) is 51.4 Å². The molecule has 1 aromatic heterocycles. The van der Waals surface area contributed by atoms with Crippen molar-refractivity contribution >= 4 is 23.7 Å². The Labute approximate surface area is 206 Å². The molecule has 4 heterocycles. The number of aromatic nitrogens is 2. The van der Waals surface area contributed by atoms with Crippen LogP contribution in [0.4, 0.5) is 32.2 Å². The second-order valence-corrected chi connectivity index (χ2v) is 8.35. The topological polar surface area (TPSA) is 136 Å². The highest BCUT2D eigenvalue weighted by Crippen LogP contribution is 2.36. The van der Waals surface area contributed by atoms with Gasteiger partial charge in [-0.3, -0.25) is 4.79 Å². The van der Waals surface area contributed by atoms with Gasteiger partial charge >= 0.3 is 24.3 Å². The highest BCUT2D eigenvalue weighted by molar-refractivity contribution is 5.80. The van der Waals surface area contributed by atoms with Crippen molar-refractivity contribution in [3.8, 4) is 0 Å². The Hall–Kier alpha value is -3.21. The summed E-state index contributed by atoms with van der Waals surface area (Å²) in [7, 11) is 2.10. The molecule has 3 fully saturated rings. The van der Waals surface area contributed by atoms with Crippen molar-refractivity contribution in [3.05, 3.63) is 18.6 Å². The molecule has 4 rings (SSSR count). The lowest BCUT2D eigenvalue weighted by Crippen LogP contribution is -2.50. The molecule has 0 spiro atoms. The number of ether oxygens (including phenoxy) is 1. The highest BCUT2D eigenvalue weighted by Gasteiger charge is 2.48. The molecule has 0 aromatic carbocycles. The number of hydrogen-bond donors (Lipinski definition) is 2. The van der Waals surface area contributed by atoms with E-state index >= 15 is 0 Å². The maximum Gasteiger partial charge on any atom is 0.490 e. The Morgan fingerprint density at radius 3 is 1.97 bits per heavy atom. The van der Waals surface area contributed by atoms with Gasteiger partial charge in [-0.2, -0.15) is 26.3 Å². The van der Waals surface area contributed by atoms with Crippen LogP contribution in [0.15, 0.2) is 18.6 Å². The van der Waals surface area contributed by atoms with Crippen molar-refractivity contribution in [1.82, 2.24) is 19.8 Å². The smallest absolute Gasteiger partial charge is 0.475 e. The zero-order valence-electron chi connectivity index (χ0n) is 19.4. The molecule has 3 aliphatic rings. The maximum atomic E-state index is 12.9. The number of carboxylic acid groups (broad SMARTS) is 2. The second-order valence-electron chi connectivity index (χ2n) is 8.35. The third-order valence-corrected chi connectivity index (χ3v) is 5.82. The minimum Gasteiger partial charge on any atom is -0.475 e. The zero-order valence-corrected chi connectivity index (χ0v) is 19.4. The van der Waals surface area contributed by atoms with Crippen molar-refractivity contribution in [2.45, 2.75) is 18.5 Å². The van der Waals surface area contributed by atoms with Gasteiger partial charge in [-0.1, -0.05) is 0 Å². The molecule has 1 amide bonds. The summed E-state index contributed by atoms with van der Waals surface area (Å²) < 4.78 is 69.4. The lowest BCUT2D eigenvalue weighted by Gasteiger charge is -2.34. The number of halogens is 6. The number of piperazine rings is 1. The van der Waals surface area contributed by atoms with E-state index in [2.05, 4.69) is 26.8 Å². The molecule has 0 unspecified atom stereocenters. The first-order valence-corrected chi connectivity index (χ1v) is 10.8.